The van der Waals surface area contributed by atoms with Gasteiger partial charge in [-0.25, -0.2) is 19.4 Å². The highest BCUT2D eigenvalue weighted by molar-refractivity contribution is 5.89. The zero-order valence-corrected chi connectivity index (χ0v) is 10.9. The third kappa shape index (κ3) is 3.57. The maximum absolute atomic E-state index is 11.9. The minimum Gasteiger partial charge on any atom is -0.476 e. The lowest BCUT2D eigenvalue weighted by molar-refractivity contribution is -0.117. The Morgan fingerprint density at radius 2 is 2.05 bits per heavy atom. The second-order valence-electron chi connectivity index (χ2n) is 4.01. The first-order chi connectivity index (χ1) is 10.1. The monoisotopic (exact) mass is 291 g/mol. The van der Waals surface area contributed by atoms with Crippen molar-refractivity contribution in [2.75, 3.05) is 11.9 Å². The number of hydrogen-bond donors (Lipinski definition) is 3. The van der Waals surface area contributed by atoms with Crippen molar-refractivity contribution < 1.29 is 14.7 Å². The van der Waals surface area contributed by atoms with Crippen LogP contribution in [0.4, 0.5) is 5.95 Å². The number of nitrogens with zero attached hydrogens (tertiary/aromatic N) is 5. The normalized spacial score (nSPS) is 10.3. The predicted molar refractivity (Wildman–Crippen MR) is 70.4 cm³/mol. The molecule has 10 heteroatoms. The zero-order chi connectivity index (χ0) is 15.2. The highest BCUT2D eigenvalue weighted by Crippen LogP contribution is 2.06. The molecule has 4 N–H and O–H groups in total. The number of carboxylic acids is 1. The molecule has 10 nitrogen and oxygen atoms in total. The molecule has 1 amide bonds. The van der Waals surface area contributed by atoms with Crippen LogP contribution >= 0.6 is 0 Å². The van der Waals surface area contributed by atoms with E-state index in [1.54, 1.807) is 6.07 Å². The Labute approximate surface area is 119 Å². The molecule has 0 aliphatic heterocycles. The third-order valence-electron chi connectivity index (χ3n) is 2.53. The number of carboxylic acid groups (broad SMARTS) is 1. The summed E-state index contributed by atoms with van der Waals surface area (Å²) in [5, 5.41) is 18.7. The average Bonchev–Trinajstić information content (AvgIpc) is 2.83. The molecule has 0 saturated carbocycles. The van der Waals surface area contributed by atoms with Crippen LogP contribution in [0.2, 0.25) is 0 Å². The quantitative estimate of drug-likeness (QED) is 0.607. The van der Waals surface area contributed by atoms with Gasteiger partial charge in [-0.15, -0.1) is 5.10 Å². The first-order valence-corrected chi connectivity index (χ1v) is 6.04. The van der Waals surface area contributed by atoms with Gasteiger partial charge in [-0.3, -0.25) is 10.1 Å². The zero-order valence-electron chi connectivity index (χ0n) is 10.9. The number of amides is 1. The third-order valence-corrected chi connectivity index (χ3v) is 2.53. The largest absolute Gasteiger partial charge is 0.476 e. The molecule has 0 aromatic carbocycles. The summed E-state index contributed by atoms with van der Waals surface area (Å²) in [6, 6.07) is 1.62. The van der Waals surface area contributed by atoms with E-state index in [0.29, 0.717) is 5.69 Å². The van der Waals surface area contributed by atoms with Gasteiger partial charge in [0, 0.05) is 18.8 Å². The SMILES string of the molecule is NCCc1c(C(=O)O)nnn1CC(=O)Nc1ncccn1. The van der Waals surface area contributed by atoms with Crippen LogP contribution in [0.3, 0.4) is 0 Å². The summed E-state index contributed by atoms with van der Waals surface area (Å²) >= 11 is 0. The van der Waals surface area contributed by atoms with E-state index in [4.69, 9.17) is 10.8 Å². The molecule has 0 spiro atoms. The molecule has 0 unspecified atom stereocenters. The van der Waals surface area contributed by atoms with Crippen molar-refractivity contribution in [3.8, 4) is 0 Å². The van der Waals surface area contributed by atoms with E-state index < -0.39 is 11.9 Å². The predicted octanol–water partition coefficient (Wildman–Crippen LogP) is -1.09. The van der Waals surface area contributed by atoms with Crippen molar-refractivity contribution in [3.05, 3.63) is 29.8 Å². The van der Waals surface area contributed by atoms with Crippen molar-refractivity contribution in [2.45, 2.75) is 13.0 Å². The number of carbonyl (C=O) groups is 2. The topological polar surface area (TPSA) is 149 Å². The summed E-state index contributed by atoms with van der Waals surface area (Å²) in [6.07, 6.45) is 3.23. The van der Waals surface area contributed by atoms with Crippen LogP contribution in [-0.2, 0) is 17.8 Å². The molecule has 21 heavy (non-hydrogen) atoms. The number of carbonyl (C=O) groups excluding carboxylic acids is 1. The van der Waals surface area contributed by atoms with Crippen molar-refractivity contribution >= 4 is 17.8 Å². The van der Waals surface area contributed by atoms with Gasteiger partial charge < -0.3 is 10.8 Å². The van der Waals surface area contributed by atoms with E-state index in [-0.39, 0.29) is 31.2 Å². The Morgan fingerprint density at radius 3 is 2.67 bits per heavy atom. The van der Waals surface area contributed by atoms with Gasteiger partial charge >= 0.3 is 5.97 Å². The van der Waals surface area contributed by atoms with E-state index >= 15 is 0 Å². The molecule has 0 radical (unpaired) electrons. The van der Waals surface area contributed by atoms with Crippen LogP contribution < -0.4 is 11.1 Å². The van der Waals surface area contributed by atoms with Crippen LogP contribution in [0, 0.1) is 0 Å². The van der Waals surface area contributed by atoms with Crippen LogP contribution in [0.5, 0.6) is 0 Å². The van der Waals surface area contributed by atoms with Crippen molar-refractivity contribution in [3.63, 3.8) is 0 Å². The van der Waals surface area contributed by atoms with Crippen molar-refractivity contribution in [1.82, 2.24) is 25.0 Å². The fourth-order valence-corrected chi connectivity index (χ4v) is 1.67. The maximum Gasteiger partial charge on any atom is 0.358 e. The Hall–Kier alpha value is -2.88. The molecule has 0 atom stereocenters. The average molecular weight is 291 g/mol. The number of nitrogens with two attached hydrogens (primary N) is 1. The smallest absolute Gasteiger partial charge is 0.358 e. The Balaban J connectivity index is 2.12. The molecule has 2 aromatic rings. The molecule has 0 saturated heterocycles. The highest BCUT2D eigenvalue weighted by Gasteiger charge is 2.19. The Morgan fingerprint density at radius 1 is 1.33 bits per heavy atom. The van der Waals surface area contributed by atoms with E-state index in [9.17, 15) is 9.59 Å². The van der Waals surface area contributed by atoms with Crippen LogP contribution in [0.25, 0.3) is 0 Å². The molecule has 0 fully saturated rings. The van der Waals surface area contributed by atoms with Crippen molar-refractivity contribution in [1.29, 1.82) is 0 Å². The van der Waals surface area contributed by atoms with E-state index in [2.05, 4.69) is 25.6 Å². The number of anilines is 1. The van der Waals surface area contributed by atoms with Crippen molar-refractivity contribution in [2.24, 2.45) is 5.73 Å². The first kappa shape index (κ1) is 14.5. The summed E-state index contributed by atoms with van der Waals surface area (Å²) in [7, 11) is 0. The lowest BCUT2D eigenvalue weighted by Gasteiger charge is -2.06. The molecule has 0 aliphatic rings. The van der Waals surface area contributed by atoms with Gasteiger partial charge in [-0.2, -0.15) is 0 Å². The van der Waals surface area contributed by atoms with E-state index in [1.165, 1.54) is 17.1 Å². The lowest BCUT2D eigenvalue weighted by Crippen LogP contribution is -2.23. The first-order valence-electron chi connectivity index (χ1n) is 6.04. The van der Waals surface area contributed by atoms with Gasteiger partial charge in [0.1, 0.15) is 6.54 Å². The van der Waals surface area contributed by atoms with Gasteiger partial charge in [-0.05, 0) is 12.6 Å². The van der Waals surface area contributed by atoms with Gasteiger partial charge in [0.15, 0.2) is 5.69 Å². The molecular formula is C11H13N7O3. The molecule has 0 aliphatic carbocycles. The van der Waals surface area contributed by atoms with Gasteiger partial charge in [0.2, 0.25) is 11.9 Å². The number of aromatic nitrogens is 5. The second-order valence-corrected chi connectivity index (χ2v) is 4.01. The Bertz CT molecular complexity index is 641. The Kier molecular flexibility index (Phi) is 4.51. The van der Waals surface area contributed by atoms with Gasteiger partial charge in [0.05, 0.1) is 5.69 Å². The summed E-state index contributed by atoms with van der Waals surface area (Å²) in [5.41, 5.74) is 5.53. The molecule has 110 valence electrons. The fraction of sp³-hybridized carbons (Fsp3) is 0.273. The minimum atomic E-state index is -1.21. The molecule has 2 aromatic heterocycles. The summed E-state index contributed by atoms with van der Waals surface area (Å²) < 4.78 is 1.20. The number of rotatable bonds is 6. The van der Waals surface area contributed by atoms with Crippen LogP contribution in [0.1, 0.15) is 16.2 Å². The summed E-state index contributed by atoms with van der Waals surface area (Å²) in [6.45, 7) is 0.0188. The second kappa shape index (κ2) is 6.52. The highest BCUT2D eigenvalue weighted by atomic mass is 16.4. The maximum atomic E-state index is 11.9. The van der Waals surface area contributed by atoms with Gasteiger partial charge in [-0.1, -0.05) is 5.21 Å². The van der Waals surface area contributed by atoms with E-state index in [0.717, 1.165) is 0 Å². The van der Waals surface area contributed by atoms with E-state index in [1.807, 2.05) is 0 Å². The van der Waals surface area contributed by atoms with Crippen LogP contribution in [-0.4, -0.2) is 48.5 Å². The van der Waals surface area contributed by atoms with Gasteiger partial charge in [0.25, 0.3) is 0 Å². The minimum absolute atomic E-state index is 0.154. The molecule has 0 bridgehead atoms. The summed E-state index contributed by atoms with van der Waals surface area (Å²) in [5.74, 6) is -1.50. The van der Waals surface area contributed by atoms with Crippen LogP contribution in [0.15, 0.2) is 18.5 Å². The fourth-order valence-electron chi connectivity index (χ4n) is 1.67. The standard InChI is InChI=1S/C11H13N7O3/c12-3-2-7-9(10(20)21)16-17-18(7)6-8(19)15-11-13-4-1-5-14-11/h1,4-5H,2-3,6,12H2,(H,20,21)(H,13,14,15,19). The molecule has 2 heterocycles. The number of hydrogen-bond acceptors (Lipinski definition) is 7. The molecular weight excluding hydrogens is 278 g/mol. The lowest BCUT2D eigenvalue weighted by atomic mass is 10.2. The summed E-state index contributed by atoms with van der Waals surface area (Å²) in [4.78, 5) is 30.6. The molecule has 2 rings (SSSR count). The number of nitrogens with one attached hydrogen (secondary N) is 1. The number of aromatic carboxylic acids is 1.